The first-order chi connectivity index (χ1) is 9.28. The van der Waals surface area contributed by atoms with E-state index in [-0.39, 0.29) is 0 Å². The Bertz CT molecular complexity index is 583. The number of nitrogens with zero attached hydrogens (tertiary/aromatic N) is 3. The molecule has 1 fully saturated rings. The SMILES string of the molecule is CN[C@H]1CCCN(c2nc3ccccc3nc2N)C1. The number of hydrogen-bond acceptors (Lipinski definition) is 5. The second-order valence-electron chi connectivity index (χ2n) is 5.00. The van der Waals surface area contributed by atoms with Crippen LogP contribution in [-0.2, 0) is 0 Å². The van der Waals surface area contributed by atoms with Crippen molar-refractivity contribution in [1.29, 1.82) is 0 Å². The van der Waals surface area contributed by atoms with Crippen LogP contribution in [0, 0.1) is 0 Å². The van der Waals surface area contributed by atoms with Gasteiger partial charge in [-0.1, -0.05) is 12.1 Å². The van der Waals surface area contributed by atoms with Gasteiger partial charge in [0.25, 0.3) is 0 Å². The van der Waals surface area contributed by atoms with E-state index in [1.165, 1.54) is 6.42 Å². The van der Waals surface area contributed by atoms with E-state index in [0.29, 0.717) is 11.9 Å². The Morgan fingerprint density at radius 3 is 2.74 bits per heavy atom. The standard InChI is InChI=1S/C14H19N5/c1-16-10-5-4-8-19(9-10)14-13(15)17-11-6-2-3-7-12(11)18-14/h2-3,6-7,10,16H,4-5,8-9H2,1H3,(H2,15,17)/t10-/m0/s1. The second-order valence-corrected chi connectivity index (χ2v) is 5.00. The number of fused-ring (bicyclic) bond motifs is 1. The number of nitrogens with two attached hydrogens (primary N) is 1. The Kier molecular flexibility index (Phi) is 3.21. The number of hydrogen-bond donors (Lipinski definition) is 2. The van der Waals surface area contributed by atoms with E-state index in [1.54, 1.807) is 0 Å². The van der Waals surface area contributed by atoms with Gasteiger partial charge in [-0.2, -0.15) is 0 Å². The molecule has 1 aliphatic heterocycles. The highest BCUT2D eigenvalue weighted by Gasteiger charge is 2.22. The highest BCUT2D eigenvalue weighted by molar-refractivity contribution is 5.79. The minimum absolute atomic E-state index is 0.501. The molecular weight excluding hydrogens is 238 g/mol. The summed E-state index contributed by atoms with van der Waals surface area (Å²) in [6, 6.07) is 8.35. The minimum atomic E-state index is 0.501. The molecule has 0 unspecified atom stereocenters. The third-order valence-electron chi connectivity index (χ3n) is 3.71. The number of aromatic nitrogens is 2. The summed E-state index contributed by atoms with van der Waals surface area (Å²) in [5, 5.41) is 3.33. The Balaban J connectivity index is 1.97. The highest BCUT2D eigenvalue weighted by atomic mass is 15.2. The van der Waals surface area contributed by atoms with Gasteiger partial charge in [0.1, 0.15) is 0 Å². The molecule has 1 aromatic heterocycles. The second kappa shape index (κ2) is 5.01. The van der Waals surface area contributed by atoms with Gasteiger partial charge in [0.2, 0.25) is 0 Å². The summed E-state index contributed by atoms with van der Waals surface area (Å²) < 4.78 is 0. The minimum Gasteiger partial charge on any atom is -0.381 e. The van der Waals surface area contributed by atoms with Gasteiger partial charge < -0.3 is 16.0 Å². The molecule has 2 heterocycles. The maximum absolute atomic E-state index is 6.07. The Hall–Kier alpha value is -1.88. The molecule has 0 radical (unpaired) electrons. The van der Waals surface area contributed by atoms with Gasteiger partial charge in [-0.05, 0) is 32.0 Å². The molecule has 2 aromatic rings. The third kappa shape index (κ3) is 2.33. The molecule has 1 saturated heterocycles. The highest BCUT2D eigenvalue weighted by Crippen LogP contribution is 2.25. The molecule has 3 N–H and O–H groups in total. The van der Waals surface area contributed by atoms with Gasteiger partial charge in [0.05, 0.1) is 11.0 Å². The molecular formula is C14H19N5. The molecule has 0 spiro atoms. The quantitative estimate of drug-likeness (QED) is 0.851. The predicted octanol–water partition coefficient (Wildman–Crippen LogP) is 1.40. The molecule has 19 heavy (non-hydrogen) atoms. The number of para-hydroxylation sites is 2. The van der Waals surface area contributed by atoms with Crippen LogP contribution in [0.2, 0.25) is 0 Å². The van der Waals surface area contributed by atoms with E-state index < -0.39 is 0 Å². The zero-order chi connectivity index (χ0) is 13.2. The molecule has 3 rings (SSSR count). The lowest BCUT2D eigenvalue weighted by Gasteiger charge is -2.33. The summed E-state index contributed by atoms with van der Waals surface area (Å²) in [6.45, 7) is 1.93. The van der Waals surface area contributed by atoms with Gasteiger partial charge >= 0.3 is 0 Å². The first kappa shape index (κ1) is 12.2. The van der Waals surface area contributed by atoms with E-state index in [2.05, 4.69) is 20.2 Å². The fraction of sp³-hybridized carbons (Fsp3) is 0.429. The van der Waals surface area contributed by atoms with Crippen LogP contribution in [0.25, 0.3) is 11.0 Å². The monoisotopic (exact) mass is 257 g/mol. The summed E-state index contributed by atoms with van der Waals surface area (Å²) in [5.74, 6) is 1.34. The van der Waals surface area contributed by atoms with Gasteiger partial charge in [0, 0.05) is 19.1 Å². The third-order valence-corrected chi connectivity index (χ3v) is 3.71. The zero-order valence-corrected chi connectivity index (χ0v) is 11.1. The summed E-state index contributed by atoms with van der Waals surface area (Å²) in [5.41, 5.74) is 7.82. The fourth-order valence-electron chi connectivity index (χ4n) is 2.64. The number of anilines is 2. The van der Waals surface area contributed by atoms with Crippen molar-refractivity contribution in [2.24, 2.45) is 0 Å². The van der Waals surface area contributed by atoms with E-state index in [0.717, 1.165) is 36.4 Å². The Labute approximate surface area is 112 Å². The van der Waals surface area contributed by atoms with Gasteiger partial charge in [-0.25, -0.2) is 9.97 Å². The number of benzene rings is 1. The summed E-state index contributed by atoms with van der Waals surface area (Å²) >= 11 is 0. The normalized spacial score (nSPS) is 19.8. The number of nitrogen functional groups attached to an aromatic ring is 1. The summed E-state index contributed by atoms with van der Waals surface area (Å²) in [4.78, 5) is 11.4. The lowest BCUT2D eigenvalue weighted by Crippen LogP contribution is -2.45. The van der Waals surface area contributed by atoms with Crippen LogP contribution >= 0.6 is 0 Å². The van der Waals surface area contributed by atoms with Crippen LogP contribution < -0.4 is 16.0 Å². The van der Waals surface area contributed by atoms with Gasteiger partial charge in [-0.3, -0.25) is 0 Å². The largest absolute Gasteiger partial charge is 0.381 e. The van der Waals surface area contributed by atoms with E-state index >= 15 is 0 Å². The van der Waals surface area contributed by atoms with E-state index in [9.17, 15) is 0 Å². The zero-order valence-electron chi connectivity index (χ0n) is 11.1. The van der Waals surface area contributed by atoms with Gasteiger partial charge in [-0.15, -0.1) is 0 Å². The van der Waals surface area contributed by atoms with Crippen LogP contribution in [0.15, 0.2) is 24.3 Å². The molecule has 1 atom stereocenters. The molecule has 100 valence electrons. The topological polar surface area (TPSA) is 67.1 Å². The van der Waals surface area contributed by atoms with Crippen LogP contribution in [0.3, 0.4) is 0 Å². The fourth-order valence-corrected chi connectivity index (χ4v) is 2.64. The molecule has 5 nitrogen and oxygen atoms in total. The first-order valence-corrected chi connectivity index (χ1v) is 6.72. The van der Waals surface area contributed by atoms with Crippen LogP contribution in [0.5, 0.6) is 0 Å². The molecule has 0 bridgehead atoms. The smallest absolute Gasteiger partial charge is 0.172 e. The number of rotatable bonds is 2. The molecule has 0 saturated carbocycles. The first-order valence-electron chi connectivity index (χ1n) is 6.72. The van der Waals surface area contributed by atoms with Crippen LogP contribution in [0.1, 0.15) is 12.8 Å². The van der Waals surface area contributed by atoms with Crippen LogP contribution in [0.4, 0.5) is 11.6 Å². The summed E-state index contributed by atoms with van der Waals surface area (Å²) in [6.07, 6.45) is 2.35. The number of piperidine rings is 1. The number of likely N-dealkylation sites (N-methyl/N-ethyl adjacent to an activating group) is 1. The lowest BCUT2D eigenvalue weighted by molar-refractivity contribution is 0.448. The average Bonchev–Trinajstić information content (AvgIpc) is 2.46. The lowest BCUT2D eigenvalue weighted by atomic mass is 10.1. The summed E-state index contributed by atoms with van der Waals surface area (Å²) in [7, 11) is 2.00. The van der Waals surface area contributed by atoms with Crippen molar-refractivity contribution in [2.75, 3.05) is 30.8 Å². The van der Waals surface area contributed by atoms with Crippen molar-refractivity contribution >= 4 is 22.7 Å². The van der Waals surface area contributed by atoms with Crippen molar-refractivity contribution in [2.45, 2.75) is 18.9 Å². The molecule has 0 amide bonds. The molecule has 1 aliphatic rings. The Morgan fingerprint density at radius 1 is 1.26 bits per heavy atom. The van der Waals surface area contributed by atoms with Crippen molar-refractivity contribution in [3.8, 4) is 0 Å². The maximum Gasteiger partial charge on any atom is 0.172 e. The Morgan fingerprint density at radius 2 is 2.00 bits per heavy atom. The maximum atomic E-state index is 6.07. The van der Waals surface area contributed by atoms with Crippen LogP contribution in [-0.4, -0.2) is 36.1 Å². The molecule has 0 aliphatic carbocycles. The van der Waals surface area contributed by atoms with E-state index in [4.69, 9.17) is 5.73 Å². The number of nitrogens with one attached hydrogen (secondary N) is 1. The predicted molar refractivity (Wildman–Crippen MR) is 78.2 cm³/mol. The molecule has 1 aromatic carbocycles. The average molecular weight is 257 g/mol. The van der Waals surface area contributed by atoms with Gasteiger partial charge in [0.15, 0.2) is 11.6 Å². The molecule has 5 heteroatoms. The van der Waals surface area contributed by atoms with Crippen molar-refractivity contribution in [1.82, 2.24) is 15.3 Å². The van der Waals surface area contributed by atoms with Crippen molar-refractivity contribution in [3.63, 3.8) is 0 Å². The van der Waals surface area contributed by atoms with Crippen molar-refractivity contribution < 1.29 is 0 Å². The van der Waals surface area contributed by atoms with E-state index in [1.807, 2.05) is 31.3 Å². The van der Waals surface area contributed by atoms with Crippen molar-refractivity contribution in [3.05, 3.63) is 24.3 Å².